The van der Waals surface area contributed by atoms with Crippen LogP contribution < -0.4 is 5.32 Å². The molecule has 0 fully saturated rings. The Morgan fingerprint density at radius 1 is 0.769 bits per heavy atom. The second-order valence-corrected chi connectivity index (χ2v) is 11.5. The second kappa shape index (κ2) is 26.9. The van der Waals surface area contributed by atoms with E-state index in [0.29, 0.717) is 12.8 Å². The molecule has 0 aliphatic rings. The summed E-state index contributed by atoms with van der Waals surface area (Å²) in [6.07, 6.45) is 23.1. The van der Waals surface area contributed by atoms with Crippen molar-refractivity contribution in [1.82, 2.24) is 5.32 Å². The molecule has 0 spiro atoms. The van der Waals surface area contributed by atoms with Crippen LogP contribution in [0.5, 0.6) is 0 Å². The van der Waals surface area contributed by atoms with Crippen LogP contribution in [0.1, 0.15) is 129 Å². The smallest absolute Gasteiger partial charge is 0.463 e. The normalized spacial score (nSPS) is 13.8. The van der Waals surface area contributed by atoms with E-state index in [2.05, 4.69) is 28.9 Å². The number of allylic oxidation sites excluding steroid dienone is 2. The zero-order valence-electron chi connectivity index (χ0n) is 24.6. The summed E-state index contributed by atoms with van der Waals surface area (Å²) in [7, 11) is -4.38. The first-order chi connectivity index (χ1) is 18.8. The van der Waals surface area contributed by atoms with Crippen molar-refractivity contribution >= 4 is 19.7 Å². The lowest BCUT2D eigenvalue weighted by Crippen LogP contribution is -2.27. The van der Waals surface area contributed by atoms with Crippen LogP contribution >= 0.6 is 7.82 Å². The Hall–Kier alpha value is -1.25. The van der Waals surface area contributed by atoms with Crippen LogP contribution in [0, 0.1) is 0 Å². The lowest BCUT2D eigenvalue weighted by molar-refractivity contribution is -0.147. The quantitative estimate of drug-likeness (QED) is 0.0402. The van der Waals surface area contributed by atoms with E-state index in [1.54, 1.807) is 0 Å². The monoisotopic (exact) mass is 577 g/mol. The van der Waals surface area contributed by atoms with Gasteiger partial charge in [0.2, 0.25) is 5.91 Å². The summed E-state index contributed by atoms with van der Waals surface area (Å²) < 4.78 is 26.1. The van der Waals surface area contributed by atoms with Crippen molar-refractivity contribution in [2.24, 2.45) is 0 Å². The summed E-state index contributed by atoms with van der Waals surface area (Å²) in [6.45, 7) is 3.11. The van der Waals surface area contributed by atoms with Crippen LogP contribution in [0.3, 0.4) is 0 Å². The molecule has 0 aromatic heterocycles. The zero-order chi connectivity index (χ0) is 29.0. The molecule has 3 N–H and O–H groups in total. The fourth-order valence-corrected chi connectivity index (χ4v) is 4.64. The molecular weight excluding hydrogens is 521 g/mol. The van der Waals surface area contributed by atoms with Gasteiger partial charge in [0, 0.05) is 19.4 Å². The molecule has 0 rings (SSSR count). The van der Waals surface area contributed by atoms with Crippen molar-refractivity contribution in [3.05, 3.63) is 12.2 Å². The highest BCUT2D eigenvalue weighted by Crippen LogP contribution is 2.42. The first-order valence-electron chi connectivity index (χ1n) is 15.2. The third-order valence-electron chi connectivity index (χ3n) is 6.17. The summed E-state index contributed by atoms with van der Waals surface area (Å²) in [4.78, 5) is 32.8. The summed E-state index contributed by atoms with van der Waals surface area (Å²) in [5.41, 5.74) is 0. The molecule has 2 unspecified atom stereocenters. The molecule has 2 atom stereocenters. The number of nitrogens with one attached hydrogen (secondary N) is 1. The van der Waals surface area contributed by atoms with Gasteiger partial charge in [-0.15, -0.1) is 0 Å². The Bertz CT molecular complexity index is 674. The molecule has 0 saturated heterocycles. The van der Waals surface area contributed by atoms with Gasteiger partial charge in [0.15, 0.2) is 0 Å². The Morgan fingerprint density at radius 2 is 1.33 bits per heavy atom. The number of carbonyl (C=O) groups is 2. The van der Waals surface area contributed by atoms with Gasteiger partial charge in [0.05, 0.1) is 13.2 Å². The molecule has 0 bridgehead atoms. The van der Waals surface area contributed by atoms with Crippen molar-refractivity contribution < 1.29 is 37.9 Å². The highest BCUT2D eigenvalue weighted by molar-refractivity contribution is 7.47. The fourth-order valence-electron chi connectivity index (χ4n) is 3.88. The van der Waals surface area contributed by atoms with E-state index >= 15 is 0 Å². The van der Waals surface area contributed by atoms with Crippen molar-refractivity contribution in [2.75, 3.05) is 26.4 Å². The largest absolute Gasteiger partial charge is 0.472 e. The fraction of sp³-hybridized carbons (Fsp3) is 0.862. The average molecular weight is 578 g/mol. The van der Waals surface area contributed by atoms with Gasteiger partial charge in [-0.25, -0.2) is 4.57 Å². The Balaban J connectivity index is 3.54. The SMILES string of the molecule is CCCCCCCC/C=C\CCCCCCCCCC(=O)NCCOP(=O)(O)OCC(O)COC(=O)CCC. The van der Waals surface area contributed by atoms with Gasteiger partial charge < -0.3 is 20.1 Å². The minimum atomic E-state index is -4.38. The van der Waals surface area contributed by atoms with Gasteiger partial charge in [-0.1, -0.05) is 90.2 Å². The number of amides is 1. The van der Waals surface area contributed by atoms with Crippen molar-refractivity contribution in [3.63, 3.8) is 0 Å². The van der Waals surface area contributed by atoms with E-state index in [0.717, 1.165) is 19.3 Å². The Kier molecular flexibility index (Phi) is 26.1. The predicted molar refractivity (Wildman–Crippen MR) is 155 cm³/mol. The van der Waals surface area contributed by atoms with E-state index in [-0.39, 0.29) is 32.1 Å². The number of unbranched alkanes of at least 4 members (excludes halogenated alkanes) is 13. The van der Waals surface area contributed by atoms with Crippen LogP contribution in [0.15, 0.2) is 12.2 Å². The summed E-state index contributed by atoms with van der Waals surface area (Å²) in [5, 5.41) is 12.3. The molecule has 1 amide bonds. The Labute approximate surface area is 237 Å². The number of aliphatic hydroxyl groups excluding tert-OH is 1. The number of phosphoric ester groups is 1. The van der Waals surface area contributed by atoms with Crippen molar-refractivity contribution in [2.45, 2.75) is 136 Å². The second-order valence-electron chi connectivity index (χ2n) is 10.1. The molecule has 39 heavy (non-hydrogen) atoms. The van der Waals surface area contributed by atoms with Gasteiger partial charge in [-0.3, -0.25) is 18.6 Å². The molecule has 230 valence electrons. The molecule has 0 aromatic rings. The topological polar surface area (TPSA) is 131 Å². The highest BCUT2D eigenvalue weighted by Gasteiger charge is 2.23. The maximum Gasteiger partial charge on any atom is 0.472 e. The standard InChI is InChI=1S/C29H56NO8P/c1-3-5-6-7-8-9-10-11-12-13-14-15-16-17-18-19-20-22-28(32)30-23-24-37-39(34,35)38-26-27(31)25-36-29(33)21-4-2/h11-12,27,31H,3-10,13-26H2,1-2H3,(H,30,32)(H,34,35)/b12-11-. The number of hydrogen-bond donors (Lipinski definition) is 3. The number of carbonyl (C=O) groups excluding carboxylic acids is 2. The van der Waals surface area contributed by atoms with Crippen LogP contribution in [0.25, 0.3) is 0 Å². The molecule has 0 radical (unpaired) electrons. The van der Waals surface area contributed by atoms with Crippen LogP contribution in [0.2, 0.25) is 0 Å². The van der Waals surface area contributed by atoms with E-state index in [4.69, 9.17) is 9.26 Å². The summed E-state index contributed by atoms with van der Waals surface area (Å²) in [6, 6.07) is 0. The first-order valence-corrected chi connectivity index (χ1v) is 16.7. The van der Waals surface area contributed by atoms with Crippen LogP contribution in [-0.2, 0) is 27.9 Å². The molecular formula is C29H56NO8P. The minimum absolute atomic E-state index is 0.0807. The molecule has 0 aromatic carbocycles. The maximum atomic E-state index is 11.9. The molecule has 10 heteroatoms. The number of rotatable bonds is 28. The van der Waals surface area contributed by atoms with E-state index < -0.39 is 26.5 Å². The van der Waals surface area contributed by atoms with Gasteiger partial charge in [-0.05, 0) is 38.5 Å². The summed E-state index contributed by atoms with van der Waals surface area (Å²) in [5.74, 6) is -0.576. The predicted octanol–water partition coefficient (Wildman–Crippen LogP) is 6.76. The van der Waals surface area contributed by atoms with E-state index in [9.17, 15) is 24.2 Å². The summed E-state index contributed by atoms with van der Waals surface area (Å²) >= 11 is 0. The van der Waals surface area contributed by atoms with E-state index in [1.165, 1.54) is 77.0 Å². The van der Waals surface area contributed by atoms with Gasteiger partial charge in [-0.2, -0.15) is 0 Å². The molecule has 0 aliphatic carbocycles. The van der Waals surface area contributed by atoms with Crippen LogP contribution in [0.4, 0.5) is 0 Å². The maximum absolute atomic E-state index is 11.9. The number of ether oxygens (including phenoxy) is 1. The molecule has 0 saturated carbocycles. The molecule has 9 nitrogen and oxygen atoms in total. The number of phosphoric acid groups is 1. The lowest BCUT2D eigenvalue weighted by Gasteiger charge is -2.15. The molecule has 0 aliphatic heterocycles. The number of aliphatic hydroxyl groups is 1. The lowest BCUT2D eigenvalue weighted by atomic mass is 10.1. The zero-order valence-corrected chi connectivity index (χ0v) is 25.5. The third kappa shape index (κ3) is 28.1. The third-order valence-corrected chi connectivity index (χ3v) is 7.15. The van der Waals surface area contributed by atoms with Gasteiger partial charge >= 0.3 is 13.8 Å². The van der Waals surface area contributed by atoms with E-state index in [1.807, 2.05) is 6.92 Å². The average Bonchev–Trinajstić information content (AvgIpc) is 2.90. The highest BCUT2D eigenvalue weighted by atomic mass is 31.2. The Morgan fingerprint density at radius 3 is 1.92 bits per heavy atom. The first kappa shape index (κ1) is 37.8. The number of esters is 1. The van der Waals surface area contributed by atoms with Gasteiger partial charge in [0.1, 0.15) is 12.7 Å². The van der Waals surface area contributed by atoms with Crippen LogP contribution in [-0.4, -0.2) is 54.3 Å². The number of hydrogen-bond acceptors (Lipinski definition) is 7. The van der Waals surface area contributed by atoms with Crippen molar-refractivity contribution in [1.29, 1.82) is 0 Å². The van der Waals surface area contributed by atoms with Gasteiger partial charge in [0.25, 0.3) is 0 Å². The van der Waals surface area contributed by atoms with Crippen molar-refractivity contribution in [3.8, 4) is 0 Å². The molecule has 0 heterocycles. The minimum Gasteiger partial charge on any atom is -0.463 e.